The Morgan fingerprint density at radius 3 is 2.74 bits per heavy atom. The summed E-state index contributed by atoms with van der Waals surface area (Å²) in [5, 5.41) is 15.1. The lowest BCUT2D eigenvalue weighted by atomic mass is 9.80. The molecule has 3 atom stereocenters. The van der Waals surface area contributed by atoms with Gasteiger partial charge in [-0.2, -0.15) is 0 Å². The van der Waals surface area contributed by atoms with Crippen LogP contribution in [0.25, 0.3) is 10.1 Å². The van der Waals surface area contributed by atoms with E-state index in [4.69, 9.17) is 14.2 Å². The third-order valence-electron chi connectivity index (χ3n) is 7.19. The number of fused-ring (bicyclic) bond motifs is 4. The number of rotatable bonds is 4. The first-order chi connectivity index (χ1) is 15.1. The van der Waals surface area contributed by atoms with E-state index in [1.165, 1.54) is 10.1 Å². The quantitative estimate of drug-likeness (QED) is 0.648. The zero-order chi connectivity index (χ0) is 21.0. The summed E-state index contributed by atoms with van der Waals surface area (Å²) in [6, 6.07) is 14.9. The highest BCUT2D eigenvalue weighted by Crippen LogP contribution is 2.49. The Bertz CT molecular complexity index is 1080. The first-order valence-electron chi connectivity index (χ1n) is 11.1. The summed E-state index contributed by atoms with van der Waals surface area (Å²) in [5.74, 6) is 2.16. The highest BCUT2D eigenvalue weighted by molar-refractivity contribution is 7.17. The third-order valence-corrected chi connectivity index (χ3v) is 8.15. The lowest BCUT2D eigenvalue weighted by Gasteiger charge is -2.45. The van der Waals surface area contributed by atoms with Crippen LogP contribution in [-0.2, 0) is 5.60 Å². The van der Waals surface area contributed by atoms with E-state index in [-0.39, 0.29) is 6.10 Å². The second kappa shape index (κ2) is 7.40. The highest BCUT2D eigenvalue weighted by atomic mass is 32.1. The molecule has 3 aliphatic heterocycles. The minimum atomic E-state index is -0.748. The standard InChI is InChI=1S/C25H27NO4S/c1-28-21-6-4-7-22-24(21)30-18(14-29-22)13-26-16-9-10-17(26)12-25(27,11-16)20-15-31-23-8-3-2-5-19(20)23/h2-8,15-18,27H,9-14H2,1H3/t16?,17?,18-,25?/m0/s1. The maximum absolute atomic E-state index is 11.7. The lowest BCUT2D eigenvalue weighted by Crippen LogP contribution is -2.53. The maximum Gasteiger partial charge on any atom is 0.204 e. The fraction of sp³-hybridized carbons (Fsp3) is 0.440. The molecular weight excluding hydrogens is 410 g/mol. The molecule has 0 saturated carbocycles. The zero-order valence-corrected chi connectivity index (χ0v) is 18.4. The molecular formula is C25H27NO4S. The van der Waals surface area contributed by atoms with E-state index in [0.717, 1.165) is 43.5 Å². The number of benzene rings is 2. The minimum Gasteiger partial charge on any atom is -0.493 e. The van der Waals surface area contributed by atoms with Crippen LogP contribution in [0.1, 0.15) is 31.2 Å². The summed E-state index contributed by atoms with van der Waals surface area (Å²) in [4.78, 5) is 2.55. The number of methoxy groups -OCH3 is 1. The van der Waals surface area contributed by atoms with Crippen molar-refractivity contribution in [2.45, 2.75) is 49.5 Å². The van der Waals surface area contributed by atoms with E-state index >= 15 is 0 Å². The molecule has 2 aromatic carbocycles. The van der Waals surface area contributed by atoms with Gasteiger partial charge in [0.2, 0.25) is 5.75 Å². The predicted octanol–water partition coefficient (Wildman–Crippen LogP) is 4.56. The molecule has 2 fully saturated rings. The largest absolute Gasteiger partial charge is 0.493 e. The van der Waals surface area contributed by atoms with E-state index < -0.39 is 5.60 Å². The fourth-order valence-corrected chi connectivity index (χ4v) is 6.82. The van der Waals surface area contributed by atoms with Crippen LogP contribution in [0.4, 0.5) is 0 Å². The molecule has 6 rings (SSSR count). The van der Waals surface area contributed by atoms with Crippen LogP contribution in [0.15, 0.2) is 47.8 Å². The van der Waals surface area contributed by atoms with Crippen LogP contribution in [0.3, 0.4) is 0 Å². The number of para-hydroxylation sites is 1. The molecule has 1 N–H and O–H groups in total. The van der Waals surface area contributed by atoms with Crippen LogP contribution in [0, 0.1) is 0 Å². The van der Waals surface area contributed by atoms with Gasteiger partial charge in [-0.05, 0) is 54.6 Å². The molecule has 6 heteroatoms. The second-order valence-corrected chi connectivity index (χ2v) is 9.92. The van der Waals surface area contributed by atoms with Crippen molar-refractivity contribution in [1.29, 1.82) is 0 Å². The fourth-order valence-electron chi connectivity index (χ4n) is 5.77. The average molecular weight is 438 g/mol. The molecule has 0 radical (unpaired) electrons. The first-order valence-corrected chi connectivity index (χ1v) is 11.9. The normalized spacial score (nSPS) is 29.9. The number of ether oxygens (including phenoxy) is 3. The molecule has 2 unspecified atom stereocenters. The molecule has 31 heavy (non-hydrogen) atoms. The van der Waals surface area contributed by atoms with Crippen LogP contribution in [0.2, 0.25) is 0 Å². The average Bonchev–Trinajstić information content (AvgIpc) is 3.33. The molecule has 3 aromatic rings. The molecule has 0 amide bonds. The highest BCUT2D eigenvalue weighted by Gasteiger charge is 2.49. The first kappa shape index (κ1) is 19.4. The van der Waals surface area contributed by atoms with Crippen molar-refractivity contribution in [2.75, 3.05) is 20.3 Å². The van der Waals surface area contributed by atoms with E-state index in [2.05, 4.69) is 34.5 Å². The Kier molecular flexibility index (Phi) is 4.63. The van der Waals surface area contributed by atoms with Gasteiger partial charge in [-0.15, -0.1) is 11.3 Å². The van der Waals surface area contributed by atoms with Gasteiger partial charge in [0, 0.05) is 28.9 Å². The van der Waals surface area contributed by atoms with Gasteiger partial charge < -0.3 is 19.3 Å². The van der Waals surface area contributed by atoms with Crippen molar-refractivity contribution >= 4 is 21.4 Å². The number of nitrogens with zero attached hydrogens (tertiary/aromatic N) is 1. The molecule has 4 heterocycles. The van der Waals surface area contributed by atoms with Crippen molar-refractivity contribution < 1.29 is 19.3 Å². The minimum absolute atomic E-state index is 0.0416. The molecule has 2 bridgehead atoms. The predicted molar refractivity (Wildman–Crippen MR) is 121 cm³/mol. The summed E-state index contributed by atoms with van der Waals surface area (Å²) in [5.41, 5.74) is 0.363. The topological polar surface area (TPSA) is 51.2 Å². The molecule has 1 aromatic heterocycles. The van der Waals surface area contributed by atoms with Crippen molar-refractivity contribution in [3.05, 3.63) is 53.4 Å². The van der Waals surface area contributed by atoms with Gasteiger partial charge in [0.05, 0.1) is 12.7 Å². The van der Waals surface area contributed by atoms with Gasteiger partial charge in [-0.25, -0.2) is 0 Å². The molecule has 162 valence electrons. The molecule has 5 nitrogen and oxygen atoms in total. The summed E-state index contributed by atoms with van der Waals surface area (Å²) in [6.07, 6.45) is 3.76. The Labute approximate surface area is 186 Å². The van der Waals surface area contributed by atoms with E-state index in [1.54, 1.807) is 18.4 Å². The van der Waals surface area contributed by atoms with Gasteiger partial charge in [0.1, 0.15) is 12.7 Å². The molecule has 0 spiro atoms. The lowest BCUT2D eigenvalue weighted by molar-refractivity contribution is -0.0678. The van der Waals surface area contributed by atoms with E-state index in [0.29, 0.717) is 30.2 Å². The number of aliphatic hydroxyl groups is 1. The molecule has 0 aliphatic carbocycles. The summed E-state index contributed by atoms with van der Waals surface area (Å²) < 4.78 is 19.0. The van der Waals surface area contributed by atoms with Crippen molar-refractivity contribution in [2.24, 2.45) is 0 Å². The van der Waals surface area contributed by atoms with Gasteiger partial charge in [-0.1, -0.05) is 24.3 Å². The van der Waals surface area contributed by atoms with Gasteiger partial charge in [0.15, 0.2) is 11.5 Å². The number of hydrogen-bond donors (Lipinski definition) is 1. The van der Waals surface area contributed by atoms with Crippen molar-refractivity contribution in [3.63, 3.8) is 0 Å². The maximum atomic E-state index is 11.7. The second-order valence-electron chi connectivity index (χ2n) is 9.01. The number of thiophene rings is 1. The molecule has 3 aliphatic rings. The van der Waals surface area contributed by atoms with Gasteiger partial charge in [0.25, 0.3) is 0 Å². The smallest absolute Gasteiger partial charge is 0.204 e. The van der Waals surface area contributed by atoms with E-state index in [9.17, 15) is 5.11 Å². The van der Waals surface area contributed by atoms with E-state index in [1.807, 2.05) is 18.2 Å². The molecule has 2 saturated heterocycles. The summed E-state index contributed by atoms with van der Waals surface area (Å²) in [7, 11) is 1.66. The Morgan fingerprint density at radius 1 is 1.13 bits per heavy atom. The Morgan fingerprint density at radius 2 is 1.94 bits per heavy atom. The Hall–Kier alpha value is -2.28. The monoisotopic (exact) mass is 437 g/mol. The Balaban J connectivity index is 1.21. The SMILES string of the molecule is COc1cccc2c1O[C@@H](CN1C3CCC1CC(O)(c1csc4ccccc14)C3)CO2. The van der Waals surface area contributed by atoms with Crippen LogP contribution >= 0.6 is 11.3 Å². The van der Waals surface area contributed by atoms with Crippen molar-refractivity contribution in [3.8, 4) is 17.2 Å². The van der Waals surface area contributed by atoms with Crippen molar-refractivity contribution in [1.82, 2.24) is 4.90 Å². The zero-order valence-electron chi connectivity index (χ0n) is 17.6. The van der Waals surface area contributed by atoms with Crippen LogP contribution in [-0.4, -0.2) is 48.5 Å². The van der Waals surface area contributed by atoms with Gasteiger partial charge >= 0.3 is 0 Å². The summed E-state index contributed by atoms with van der Waals surface area (Å²) >= 11 is 1.73. The van der Waals surface area contributed by atoms with Gasteiger partial charge in [-0.3, -0.25) is 4.90 Å². The van der Waals surface area contributed by atoms with Crippen LogP contribution in [0.5, 0.6) is 17.2 Å². The number of hydrogen-bond acceptors (Lipinski definition) is 6. The summed E-state index contributed by atoms with van der Waals surface area (Å²) in [6.45, 7) is 1.35. The van der Waals surface area contributed by atoms with Crippen LogP contribution < -0.4 is 14.2 Å². The number of piperidine rings is 1. The third kappa shape index (κ3) is 3.20.